The van der Waals surface area contributed by atoms with Crippen molar-refractivity contribution in [2.45, 2.75) is 6.54 Å². The van der Waals surface area contributed by atoms with Crippen LogP contribution in [0.1, 0.15) is 5.56 Å². The fraction of sp³-hybridized carbons (Fsp3) is 0.0526. The van der Waals surface area contributed by atoms with Crippen molar-refractivity contribution in [1.82, 2.24) is 0 Å². The Morgan fingerprint density at radius 1 is 0.727 bits per heavy atom. The molecule has 3 aromatic carbocycles. The molecule has 0 aliphatic carbocycles. The summed E-state index contributed by atoms with van der Waals surface area (Å²) in [5.74, 6) is 1.66. The first-order chi connectivity index (χ1) is 10.8. The predicted octanol–water partition coefficient (Wildman–Crippen LogP) is 4.67. The second kappa shape index (κ2) is 6.68. The third-order valence-electron chi connectivity index (χ3n) is 3.31. The molecule has 0 saturated heterocycles. The van der Waals surface area contributed by atoms with Crippen molar-refractivity contribution in [2.24, 2.45) is 0 Å². The van der Waals surface area contributed by atoms with E-state index >= 15 is 0 Å². The van der Waals surface area contributed by atoms with Gasteiger partial charge < -0.3 is 15.8 Å². The molecule has 3 aromatic rings. The molecule has 0 aromatic heterocycles. The molecule has 3 rings (SSSR count). The molecule has 110 valence electrons. The summed E-state index contributed by atoms with van der Waals surface area (Å²) in [6.07, 6.45) is 0. The number of anilines is 2. The smallest absolute Gasteiger partial charge is 0.127 e. The zero-order valence-corrected chi connectivity index (χ0v) is 12.2. The van der Waals surface area contributed by atoms with Crippen molar-refractivity contribution < 1.29 is 4.74 Å². The molecule has 0 heterocycles. The second-order valence-corrected chi connectivity index (χ2v) is 5.03. The maximum atomic E-state index is 5.77. The highest BCUT2D eigenvalue weighted by Crippen LogP contribution is 2.22. The van der Waals surface area contributed by atoms with Gasteiger partial charge in [0.05, 0.1) is 0 Å². The van der Waals surface area contributed by atoms with Crippen LogP contribution in [0.3, 0.4) is 0 Å². The second-order valence-electron chi connectivity index (χ2n) is 5.03. The topological polar surface area (TPSA) is 47.3 Å². The van der Waals surface area contributed by atoms with Gasteiger partial charge in [-0.3, -0.25) is 0 Å². The summed E-state index contributed by atoms with van der Waals surface area (Å²) in [6, 6.07) is 25.6. The van der Waals surface area contributed by atoms with Crippen LogP contribution < -0.4 is 15.8 Å². The predicted molar refractivity (Wildman–Crippen MR) is 91.1 cm³/mol. The molecule has 3 nitrogen and oxygen atoms in total. The molecule has 0 aliphatic heterocycles. The first-order valence-corrected chi connectivity index (χ1v) is 7.21. The summed E-state index contributed by atoms with van der Waals surface area (Å²) >= 11 is 0. The largest absolute Gasteiger partial charge is 0.457 e. The van der Waals surface area contributed by atoms with Crippen molar-refractivity contribution in [3.05, 3.63) is 84.4 Å². The van der Waals surface area contributed by atoms with Crippen molar-refractivity contribution in [1.29, 1.82) is 0 Å². The molecule has 3 heteroatoms. The standard InChI is InChI=1S/C19H18N2O/c20-16-8-6-15(7-9-16)14-21-17-10-12-19(13-11-17)22-18-4-2-1-3-5-18/h1-13,21H,14,20H2. The molecular weight excluding hydrogens is 272 g/mol. The lowest BCUT2D eigenvalue weighted by Gasteiger charge is -2.09. The molecule has 3 N–H and O–H groups in total. The quantitative estimate of drug-likeness (QED) is 0.671. The number of ether oxygens (including phenoxy) is 1. The van der Waals surface area contributed by atoms with E-state index in [1.807, 2.05) is 78.9 Å². The fourth-order valence-corrected chi connectivity index (χ4v) is 2.11. The molecule has 0 radical (unpaired) electrons. The molecule has 0 spiro atoms. The third-order valence-corrected chi connectivity index (χ3v) is 3.31. The average molecular weight is 290 g/mol. The van der Waals surface area contributed by atoms with E-state index < -0.39 is 0 Å². The number of nitrogen functional groups attached to an aromatic ring is 1. The van der Waals surface area contributed by atoms with E-state index in [1.54, 1.807) is 0 Å². The number of nitrogens with one attached hydrogen (secondary N) is 1. The summed E-state index contributed by atoms with van der Waals surface area (Å²) in [6.45, 7) is 0.763. The molecule has 0 bridgehead atoms. The van der Waals surface area contributed by atoms with Gasteiger partial charge >= 0.3 is 0 Å². The van der Waals surface area contributed by atoms with Crippen molar-refractivity contribution in [2.75, 3.05) is 11.1 Å². The average Bonchev–Trinajstić information content (AvgIpc) is 2.57. The number of hydrogen-bond acceptors (Lipinski definition) is 3. The minimum atomic E-state index is 0.763. The minimum Gasteiger partial charge on any atom is -0.457 e. The summed E-state index contributed by atoms with van der Waals surface area (Å²) in [7, 11) is 0. The molecular formula is C19H18N2O. The number of benzene rings is 3. The van der Waals surface area contributed by atoms with E-state index in [2.05, 4.69) is 5.32 Å². The Morgan fingerprint density at radius 3 is 2.05 bits per heavy atom. The van der Waals surface area contributed by atoms with Crippen LogP contribution in [-0.4, -0.2) is 0 Å². The SMILES string of the molecule is Nc1ccc(CNc2ccc(Oc3ccccc3)cc2)cc1. The van der Waals surface area contributed by atoms with Crippen LogP contribution in [-0.2, 0) is 6.54 Å². The van der Waals surface area contributed by atoms with Crippen LogP contribution in [0.25, 0.3) is 0 Å². The number of nitrogens with two attached hydrogens (primary N) is 1. The van der Waals surface area contributed by atoms with Gasteiger partial charge in [0.1, 0.15) is 11.5 Å². The van der Waals surface area contributed by atoms with Crippen LogP contribution in [0.4, 0.5) is 11.4 Å². The third kappa shape index (κ3) is 3.79. The van der Waals surface area contributed by atoms with E-state index in [0.717, 1.165) is 29.4 Å². The number of hydrogen-bond donors (Lipinski definition) is 2. The normalized spacial score (nSPS) is 10.2. The van der Waals surface area contributed by atoms with Gasteiger partial charge in [-0.25, -0.2) is 0 Å². The van der Waals surface area contributed by atoms with Crippen LogP contribution in [0, 0.1) is 0 Å². The molecule has 0 amide bonds. The van der Waals surface area contributed by atoms with E-state index in [4.69, 9.17) is 10.5 Å². The zero-order valence-electron chi connectivity index (χ0n) is 12.2. The van der Waals surface area contributed by atoms with Crippen LogP contribution >= 0.6 is 0 Å². The highest BCUT2D eigenvalue weighted by Gasteiger charge is 1.98. The van der Waals surface area contributed by atoms with Gasteiger partial charge in [-0.15, -0.1) is 0 Å². The molecule has 0 atom stereocenters. The molecule has 0 fully saturated rings. The Hall–Kier alpha value is -2.94. The lowest BCUT2D eigenvalue weighted by molar-refractivity contribution is 0.483. The van der Waals surface area contributed by atoms with Crippen molar-refractivity contribution >= 4 is 11.4 Å². The van der Waals surface area contributed by atoms with Crippen molar-refractivity contribution in [3.63, 3.8) is 0 Å². The Bertz CT molecular complexity index is 707. The molecule has 0 aliphatic rings. The van der Waals surface area contributed by atoms with Gasteiger partial charge in [0.2, 0.25) is 0 Å². The molecule has 0 unspecified atom stereocenters. The van der Waals surface area contributed by atoms with E-state index in [-0.39, 0.29) is 0 Å². The molecule has 0 saturated carbocycles. The Morgan fingerprint density at radius 2 is 1.36 bits per heavy atom. The Labute approximate surface area is 130 Å². The summed E-state index contributed by atoms with van der Waals surface area (Å²) in [5, 5.41) is 3.38. The van der Waals surface area contributed by atoms with E-state index in [1.165, 1.54) is 5.56 Å². The van der Waals surface area contributed by atoms with Gasteiger partial charge in [-0.05, 0) is 54.1 Å². The first-order valence-electron chi connectivity index (χ1n) is 7.21. The van der Waals surface area contributed by atoms with Gasteiger partial charge in [-0.2, -0.15) is 0 Å². The van der Waals surface area contributed by atoms with Gasteiger partial charge in [0.25, 0.3) is 0 Å². The lowest BCUT2D eigenvalue weighted by Crippen LogP contribution is -1.99. The Kier molecular flexibility index (Phi) is 4.25. The number of rotatable bonds is 5. The zero-order chi connectivity index (χ0) is 15.2. The lowest BCUT2D eigenvalue weighted by atomic mass is 10.2. The van der Waals surface area contributed by atoms with Crippen molar-refractivity contribution in [3.8, 4) is 11.5 Å². The summed E-state index contributed by atoms with van der Waals surface area (Å²) in [4.78, 5) is 0. The van der Waals surface area contributed by atoms with Gasteiger partial charge in [0.15, 0.2) is 0 Å². The summed E-state index contributed by atoms with van der Waals surface area (Å²) in [5.41, 5.74) is 8.71. The summed E-state index contributed by atoms with van der Waals surface area (Å²) < 4.78 is 5.77. The molecule has 22 heavy (non-hydrogen) atoms. The highest BCUT2D eigenvalue weighted by atomic mass is 16.5. The Balaban J connectivity index is 1.58. The maximum absolute atomic E-state index is 5.77. The minimum absolute atomic E-state index is 0.763. The van der Waals surface area contributed by atoms with Crippen LogP contribution in [0.5, 0.6) is 11.5 Å². The van der Waals surface area contributed by atoms with E-state index in [0.29, 0.717) is 0 Å². The first kappa shape index (κ1) is 14.0. The van der Waals surface area contributed by atoms with E-state index in [9.17, 15) is 0 Å². The van der Waals surface area contributed by atoms with Crippen LogP contribution in [0.15, 0.2) is 78.9 Å². The fourth-order valence-electron chi connectivity index (χ4n) is 2.11. The monoisotopic (exact) mass is 290 g/mol. The number of para-hydroxylation sites is 1. The highest BCUT2D eigenvalue weighted by molar-refractivity contribution is 5.48. The van der Waals surface area contributed by atoms with Gasteiger partial charge in [-0.1, -0.05) is 30.3 Å². The van der Waals surface area contributed by atoms with Crippen LogP contribution in [0.2, 0.25) is 0 Å². The van der Waals surface area contributed by atoms with Gasteiger partial charge in [0, 0.05) is 17.9 Å². The maximum Gasteiger partial charge on any atom is 0.127 e.